The first-order valence-electron chi connectivity index (χ1n) is 8.45. The number of pyridine rings is 1. The van der Waals surface area contributed by atoms with Crippen LogP contribution < -0.4 is 0 Å². The Morgan fingerprint density at radius 2 is 2.08 bits per heavy atom. The van der Waals surface area contributed by atoms with Crippen LogP contribution >= 0.6 is 0 Å². The van der Waals surface area contributed by atoms with Crippen molar-refractivity contribution < 1.29 is 9.32 Å². The summed E-state index contributed by atoms with van der Waals surface area (Å²) < 4.78 is 5.30. The minimum Gasteiger partial charge on any atom is -0.354 e. The Morgan fingerprint density at radius 1 is 1.23 bits per heavy atom. The molecule has 1 aromatic carbocycles. The summed E-state index contributed by atoms with van der Waals surface area (Å²) in [5, 5.41) is 12.8. The average molecular weight is 344 g/mol. The van der Waals surface area contributed by atoms with Gasteiger partial charge in [0, 0.05) is 18.8 Å². The topological polar surface area (TPSA) is 83.0 Å². The average Bonchev–Trinajstić information content (AvgIpc) is 3.38. The molecule has 0 saturated carbocycles. The first-order chi connectivity index (χ1) is 12.8. The fourth-order valence-electron chi connectivity index (χ4n) is 3.28. The van der Waals surface area contributed by atoms with Gasteiger partial charge in [0.15, 0.2) is 11.5 Å². The highest BCUT2D eigenvalue weighted by Crippen LogP contribution is 2.33. The minimum absolute atomic E-state index is 0.0666. The van der Waals surface area contributed by atoms with E-state index >= 15 is 0 Å². The van der Waals surface area contributed by atoms with Gasteiger partial charge < -0.3 is 9.42 Å². The van der Waals surface area contributed by atoms with Crippen LogP contribution in [0.4, 0.5) is 0 Å². The van der Waals surface area contributed by atoms with Crippen molar-refractivity contribution in [3.8, 4) is 17.5 Å². The Hall–Kier alpha value is -3.46. The molecule has 0 radical (unpaired) electrons. The molecule has 26 heavy (non-hydrogen) atoms. The van der Waals surface area contributed by atoms with Crippen LogP contribution in [0.2, 0.25) is 0 Å². The molecule has 0 bridgehead atoms. The van der Waals surface area contributed by atoms with Crippen LogP contribution in [-0.2, 0) is 0 Å². The largest absolute Gasteiger partial charge is 0.354 e. The summed E-state index contributed by atoms with van der Waals surface area (Å²) in [5.41, 5.74) is 2.41. The van der Waals surface area contributed by atoms with Crippen LogP contribution in [-0.4, -0.2) is 27.5 Å². The summed E-state index contributed by atoms with van der Waals surface area (Å²) in [7, 11) is 0. The zero-order valence-corrected chi connectivity index (χ0v) is 14.0. The Morgan fingerprint density at radius 3 is 2.81 bits per heavy atom. The van der Waals surface area contributed by atoms with Crippen LogP contribution in [0.1, 0.15) is 40.5 Å². The normalized spacial score (nSPS) is 16.4. The van der Waals surface area contributed by atoms with Gasteiger partial charge in [-0.1, -0.05) is 35.5 Å². The van der Waals surface area contributed by atoms with E-state index in [1.54, 1.807) is 18.2 Å². The third kappa shape index (κ3) is 2.95. The maximum atomic E-state index is 12.9. The van der Waals surface area contributed by atoms with Gasteiger partial charge in [-0.05, 0) is 30.5 Å². The number of rotatable bonds is 3. The summed E-state index contributed by atoms with van der Waals surface area (Å²) in [6, 6.07) is 17.1. The number of carbonyl (C=O) groups excluding carboxylic acids is 1. The molecule has 6 heteroatoms. The predicted octanol–water partition coefficient (Wildman–Crippen LogP) is 3.59. The quantitative estimate of drug-likeness (QED) is 0.725. The van der Waals surface area contributed by atoms with E-state index in [0.717, 1.165) is 18.4 Å². The first kappa shape index (κ1) is 16.0. The van der Waals surface area contributed by atoms with E-state index in [1.165, 1.54) is 6.20 Å². The molecule has 6 nitrogen and oxygen atoms in total. The van der Waals surface area contributed by atoms with Gasteiger partial charge in [0.25, 0.3) is 5.91 Å². The molecular formula is C20H16N4O2. The summed E-state index contributed by atoms with van der Waals surface area (Å²) in [4.78, 5) is 18.9. The van der Waals surface area contributed by atoms with E-state index in [9.17, 15) is 4.79 Å². The minimum atomic E-state index is -0.139. The lowest BCUT2D eigenvalue weighted by molar-refractivity contribution is 0.0725. The van der Waals surface area contributed by atoms with Crippen molar-refractivity contribution >= 4 is 5.91 Å². The molecule has 3 aromatic rings. The van der Waals surface area contributed by atoms with E-state index < -0.39 is 0 Å². The predicted molar refractivity (Wildman–Crippen MR) is 93.9 cm³/mol. The number of carbonyl (C=O) groups is 1. The Bertz CT molecular complexity index is 957. The standard InChI is InChI=1S/C20H16N4O2/c21-12-14-8-9-16(22-13-14)19-11-17(23-26-19)20(25)24-10-4-7-18(24)15-5-2-1-3-6-15/h1-3,5-6,8-9,11,13,18H,4,7,10H2/t18-/m0/s1. The Labute approximate surface area is 150 Å². The molecule has 1 aliphatic heterocycles. The molecule has 3 heterocycles. The number of nitrogens with zero attached hydrogens (tertiary/aromatic N) is 4. The maximum absolute atomic E-state index is 12.9. The number of nitriles is 1. The van der Waals surface area contributed by atoms with Gasteiger partial charge in [-0.15, -0.1) is 0 Å². The number of hydrogen-bond donors (Lipinski definition) is 0. The maximum Gasteiger partial charge on any atom is 0.276 e. The first-order valence-corrected chi connectivity index (χ1v) is 8.45. The van der Waals surface area contributed by atoms with Gasteiger partial charge in [-0.2, -0.15) is 5.26 Å². The molecule has 2 aromatic heterocycles. The van der Waals surface area contributed by atoms with Gasteiger partial charge in [0.1, 0.15) is 11.8 Å². The molecule has 128 valence electrons. The Kier molecular flexibility index (Phi) is 4.20. The number of benzene rings is 1. The monoisotopic (exact) mass is 344 g/mol. The molecule has 4 rings (SSSR count). The zero-order chi connectivity index (χ0) is 17.9. The van der Waals surface area contributed by atoms with Crippen LogP contribution in [0.3, 0.4) is 0 Å². The summed E-state index contributed by atoms with van der Waals surface area (Å²) in [6.07, 6.45) is 3.37. The molecule has 0 N–H and O–H groups in total. The van der Waals surface area contributed by atoms with Crippen molar-refractivity contribution in [2.24, 2.45) is 0 Å². The molecular weight excluding hydrogens is 328 g/mol. The van der Waals surface area contributed by atoms with E-state index in [2.05, 4.69) is 10.1 Å². The summed E-state index contributed by atoms with van der Waals surface area (Å²) in [5.74, 6) is 0.272. The van der Waals surface area contributed by atoms with Crippen LogP contribution in [0.5, 0.6) is 0 Å². The summed E-state index contributed by atoms with van der Waals surface area (Å²) >= 11 is 0. The van der Waals surface area contributed by atoms with Gasteiger partial charge in [0.05, 0.1) is 11.6 Å². The van der Waals surface area contributed by atoms with E-state index in [1.807, 2.05) is 41.3 Å². The molecule has 0 unspecified atom stereocenters. The summed E-state index contributed by atoms with van der Waals surface area (Å²) in [6.45, 7) is 0.704. The molecule has 1 amide bonds. The molecule has 0 spiro atoms. The van der Waals surface area contributed by atoms with Crippen molar-refractivity contribution in [1.29, 1.82) is 5.26 Å². The van der Waals surface area contributed by atoms with Crippen molar-refractivity contribution in [3.05, 3.63) is 71.5 Å². The van der Waals surface area contributed by atoms with E-state index in [-0.39, 0.29) is 17.6 Å². The number of likely N-dealkylation sites (tertiary alicyclic amines) is 1. The lowest BCUT2D eigenvalue weighted by Gasteiger charge is -2.24. The van der Waals surface area contributed by atoms with Crippen molar-refractivity contribution in [3.63, 3.8) is 0 Å². The van der Waals surface area contributed by atoms with Crippen LogP contribution in [0, 0.1) is 11.3 Å². The smallest absolute Gasteiger partial charge is 0.276 e. The van der Waals surface area contributed by atoms with Crippen molar-refractivity contribution in [2.45, 2.75) is 18.9 Å². The van der Waals surface area contributed by atoms with Crippen LogP contribution in [0.25, 0.3) is 11.5 Å². The van der Waals surface area contributed by atoms with E-state index in [4.69, 9.17) is 9.78 Å². The SMILES string of the molecule is N#Cc1ccc(-c2cc(C(=O)N3CCC[C@H]3c3ccccc3)no2)nc1. The third-order valence-electron chi connectivity index (χ3n) is 4.57. The third-order valence-corrected chi connectivity index (χ3v) is 4.57. The molecule has 1 saturated heterocycles. The van der Waals surface area contributed by atoms with Gasteiger partial charge in [-0.25, -0.2) is 0 Å². The molecule has 1 fully saturated rings. The second-order valence-corrected chi connectivity index (χ2v) is 6.19. The highest BCUT2D eigenvalue weighted by molar-refractivity contribution is 5.93. The highest BCUT2D eigenvalue weighted by Gasteiger charge is 2.32. The lowest BCUT2D eigenvalue weighted by atomic mass is 10.0. The number of amides is 1. The molecule has 1 atom stereocenters. The van der Waals surface area contributed by atoms with Gasteiger partial charge in [0.2, 0.25) is 0 Å². The lowest BCUT2D eigenvalue weighted by Crippen LogP contribution is -2.30. The van der Waals surface area contributed by atoms with Crippen molar-refractivity contribution in [1.82, 2.24) is 15.0 Å². The fraction of sp³-hybridized carbons (Fsp3) is 0.200. The number of hydrogen-bond acceptors (Lipinski definition) is 5. The highest BCUT2D eigenvalue weighted by atomic mass is 16.5. The fourth-order valence-corrected chi connectivity index (χ4v) is 3.28. The molecule has 0 aliphatic carbocycles. The van der Waals surface area contributed by atoms with Crippen molar-refractivity contribution in [2.75, 3.05) is 6.54 Å². The second-order valence-electron chi connectivity index (χ2n) is 6.19. The zero-order valence-electron chi connectivity index (χ0n) is 14.0. The Balaban J connectivity index is 1.57. The van der Waals surface area contributed by atoms with Crippen LogP contribution in [0.15, 0.2) is 59.3 Å². The number of aromatic nitrogens is 2. The molecule has 1 aliphatic rings. The second kappa shape index (κ2) is 6.81. The van der Waals surface area contributed by atoms with Gasteiger partial charge >= 0.3 is 0 Å². The van der Waals surface area contributed by atoms with E-state index in [0.29, 0.717) is 23.6 Å². The van der Waals surface area contributed by atoms with Gasteiger partial charge in [-0.3, -0.25) is 9.78 Å².